The largest absolute Gasteiger partial charge is 0.0610 e. The lowest BCUT2D eigenvalue weighted by atomic mass is 9.91. The van der Waals surface area contributed by atoms with Gasteiger partial charge in [-0.25, -0.2) is 0 Å². The van der Waals surface area contributed by atoms with Crippen molar-refractivity contribution in [3.8, 4) is 0 Å². The lowest BCUT2D eigenvalue weighted by Crippen LogP contribution is -1.85. The van der Waals surface area contributed by atoms with Gasteiger partial charge in [-0.15, -0.1) is 0 Å². The van der Waals surface area contributed by atoms with Crippen LogP contribution in [0, 0.1) is 6.92 Å². The Kier molecular flexibility index (Phi) is 1.97. The van der Waals surface area contributed by atoms with Crippen LogP contribution in [0.2, 0.25) is 0 Å². The van der Waals surface area contributed by atoms with Crippen LogP contribution in [-0.4, -0.2) is 0 Å². The summed E-state index contributed by atoms with van der Waals surface area (Å²) < 4.78 is 0. The molecular weight excluding hydrogens is 252 g/mol. The number of fused-ring (bicyclic) bond motifs is 2. The zero-order valence-corrected chi connectivity index (χ0v) is 11.9. The van der Waals surface area contributed by atoms with Crippen LogP contribution in [0.3, 0.4) is 0 Å². The van der Waals surface area contributed by atoms with Gasteiger partial charge in [0.1, 0.15) is 0 Å². The van der Waals surface area contributed by atoms with Gasteiger partial charge >= 0.3 is 0 Å². The highest BCUT2D eigenvalue weighted by molar-refractivity contribution is 6.28. The lowest BCUT2D eigenvalue weighted by molar-refractivity contribution is 1.51. The summed E-state index contributed by atoms with van der Waals surface area (Å²) in [5.41, 5.74) is 1.32. The SMILES string of the molecule is Cc1ccc2c(c1)cc1ccc3cccc4ccc2c1c34. The van der Waals surface area contributed by atoms with Crippen molar-refractivity contribution in [2.45, 2.75) is 6.92 Å². The Labute approximate surface area is 123 Å². The number of aryl methyl sites for hydroxylation is 1. The number of hydrogen-bond acceptors (Lipinski definition) is 0. The lowest BCUT2D eigenvalue weighted by Gasteiger charge is -2.13. The molecule has 0 aliphatic carbocycles. The van der Waals surface area contributed by atoms with Crippen molar-refractivity contribution in [3.05, 3.63) is 72.3 Å². The molecule has 0 aliphatic heterocycles. The Morgan fingerprint density at radius 2 is 1.24 bits per heavy atom. The standard InChI is InChI=1S/C21H14/c1-13-5-9-18-17(11-13)12-16-7-6-14-3-2-4-15-8-10-19(18)21(16)20(14)15/h2-12H,1H3. The summed E-state index contributed by atoms with van der Waals surface area (Å²) in [6.45, 7) is 2.16. The number of rotatable bonds is 0. The normalized spacial score (nSPS) is 12.0. The summed E-state index contributed by atoms with van der Waals surface area (Å²) in [7, 11) is 0. The van der Waals surface area contributed by atoms with Gasteiger partial charge in [-0.2, -0.15) is 0 Å². The Bertz CT molecular complexity index is 1120. The third-order valence-corrected chi connectivity index (χ3v) is 4.62. The molecule has 98 valence electrons. The van der Waals surface area contributed by atoms with Crippen molar-refractivity contribution in [2.24, 2.45) is 0 Å². The minimum atomic E-state index is 1.32. The van der Waals surface area contributed by atoms with Crippen LogP contribution in [-0.2, 0) is 0 Å². The first-order valence-electron chi connectivity index (χ1n) is 7.38. The average molecular weight is 266 g/mol. The summed E-state index contributed by atoms with van der Waals surface area (Å²) in [5, 5.41) is 10.9. The Morgan fingerprint density at radius 3 is 2.10 bits per heavy atom. The van der Waals surface area contributed by atoms with Crippen LogP contribution in [0.5, 0.6) is 0 Å². The molecule has 0 heteroatoms. The van der Waals surface area contributed by atoms with Crippen LogP contribution in [0.25, 0.3) is 43.1 Å². The average Bonchev–Trinajstić information content (AvgIpc) is 2.51. The van der Waals surface area contributed by atoms with Gasteiger partial charge in [-0.3, -0.25) is 0 Å². The second-order valence-corrected chi connectivity index (χ2v) is 5.96. The van der Waals surface area contributed by atoms with Crippen LogP contribution < -0.4 is 0 Å². The maximum absolute atomic E-state index is 2.33. The quantitative estimate of drug-likeness (QED) is 0.236. The van der Waals surface area contributed by atoms with Crippen molar-refractivity contribution < 1.29 is 0 Å². The highest BCUT2D eigenvalue weighted by Crippen LogP contribution is 2.38. The van der Waals surface area contributed by atoms with Crippen LogP contribution in [0.15, 0.2) is 66.7 Å². The molecule has 0 N–H and O–H groups in total. The van der Waals surface area contributed by atoms with Gasteiger partial charge in [0.15, 0.2) is 0 Å². The third-order valence-electron chi connectivity index (χ3n) is 4.62. The fourth-order valence-corrected chi connectivity index (χ4v) is 3.67. The number of benzene rings is 5. The minimum Gasteiger partial charge on any atom is -0.0610 e. The molecule has 0 heterocycles. The van der Waals surface area contributed by atoms with Crippen molar-refractivity contribution in [1.82, 2.24) is 0 Å². The molecule has 0 nitrogen and oxygen atoms in total. The van der Waals surface area contributed by atoms with E-state index in [2.05, 4.69) is 73.7 Å². The van der Waals surface area contributed by atoms with E-state index in [4.69, 9.17) is 0 Å². The summed E-state index contributed by atoms with van der Waals surface area (Å²) in [6, 6.07) is 24.7. The Morgan fingerprint density at radius 1 is 0.524 bits per heavy atom. The summed E-state index contributed by atoms with van der Waals surface area (Å²) >= 11 is 0. The molecular formula is C21H14. The molecule has 0 fully saturated rings. The van der Waals surface area contributed by atoms with Crippen LogP contribution >= 0.6 is 0 Å². The minimum absolute atomic E-state index is 1.32. The second-order valence-electron chi connectivity index (χ2n) is 5.96. The maximum Gasteiger partial charge on any atom is -0.00204 e. The first kappa shape index (κ1) is 11.1. The van der Waals surface area contributed by atoms with Crippen molar-refractivity contribution in [2.75, 3.05) is 0 Å². The first-order chi connectivity index (χ1) is 10.3. The van der Waals surface area contributed by atoms with E-state index in [0.717, 1.165) is 0 Å². The van der Waals surface area contributed by atoms with Crippen molar-refractivity contribution in [3.63, 3.8) is 0 Å². The zero-order valence-electron chi connectivity index (χ0n) is 11.9. The summed E-state index contributed by atoms with van der Waals surface area (Å²) in [6.07, 6.45) is 0. The topological polar surface area (TPSA) is 0 Å². The molecule has 0 atom stereocenters. The molecule has 5 aromatic rings. The van der Waals surface area contributed by atoms with E-state index in [9.17, 15) is 0 Å². The van der Waals surface area contributed by atoms with E-state index in [1.165, 1.54) is 48.7 Å². The fraction of sp³-hybridized carbons (Fsp3) is 0.0476. The van der Waals surface area contributed by atoms with Gasteiger partial charge in [0.25, 0.3) is 0 Å². The third kappa shape index (κ3) is 1.39. The van der Waals surface area contributed by atoms with E-state index in [0.29, 0.717) is 0 Å². The predicted molar refractivity (Wildman–Crippen MR) is 92.4 cm³/mol. The molecule has 21 heavy (non-hydrogen) atoms. The smallest absolute Gasteiger partial charge is 0.00204 e. The van der Waals surface area contributed by atoms with Crippen molar-refractivity contribution in [1.29, 1.82) is 0 Å². The number of hydrogen-bond donors (Lipinski definition) is 0. The van der Waals surface area contributed by atoms with Gasteiger partial charge in [-0.1, -0.05) is 66.2 Å². The molecule has 0 unspecified atom stereocenters. The van der Waals surface area contributed by atoms with Gasteiger partial charge in [-0.05, 0) is 56.1 Å². The highest BCUT2D eigenvalue weighted by Gasteiger charge is 2.10. The molecule has 0 radical (unpaired) electrons. The van der Waals surface area contributed by atoms with Crippen molar-refractivity contribution >= 4 is 43.1 Å². The first-order valence-corrected chi connectivity index (χ1v) is 7.38. The molecule has 0 bridgehead atoms. The van der Waals surface area contributed by atoms with E-state index < -0.39 is 0 Å². The Hall–Kier alpha value is -2.60. The molecule has 0 amide bonds. The second kappa shape index (κ2) is 3.73. The van der Waals surface area contributed by atoms with E-state index in [1.807, 2.05) is 0 Å². The maximum atomic E-state index is 2.33. The molecule has 0 aliphatic rings. The van der Waals surface area contributed by atoms with Gasteiger partial charge in [0.2, 0.25) is 0 Å². The van der Waals surface area contributed by atoms with Gasteiger partial charge < -0.3 is 0 Å². The Balaban J connectivity index is 2.18. The van der Waals surface area contributed by atoms with Gasteiger partial charge in [0.05, 0.1) is 0 Å². The zero-order chi connectivity index (χ0) is 14.0. The molecule has 0 saturated heterocycles. The highest BCUT2D eigenvalue weighted by atomic mass is 14.1. The van der Waals surface area contributed by atoms with E-state index >= 15 is 0 Å². The molecule has 5 aromatic carbocycles. The van der Waals surface area contributed by atoms with Gasteiger partial charge in [0, 0.05) is 0 Å². The van der Waals surface area contributed by atoms with E-state index in [1.54, 1.807) is 0 Å². The molecule has 0 aromatic heterocycles. The molecule has 5 rings (SSSR count). The summed E-state index contributed by atoms with van der Waals surface area (Å²) in [5.74, 6) is 0. The van der Waals surface area contributed by atoms with E-state index in [-0.39, 0.29) is 0 Å². The van der Waals surface area contributed by atoms with Crippen LogP contribution in [0.1, 0.15) is 5.56 Å². The summed E-state index contributed by atoms with van der Waals surface area (Å²) in [4.78, 5) is 0. The monoisotopic (exact) mass is 266 g/mol. The predicted octanol–water partition coefficient (Wildman–Crippen LogP) is 6.05. The molecule has 0 saturated carbocycles. The fourth-order valence-electron chi connectivity index (χ4n) is 3.67. The van der Waals surface area contributed by atoms with Crippen LogP contribution in [0.4, 0.5) is 0 Å². The molecule has 0 spiro atoms.